The number of rotatable bonds is 8. The minimum absolute atomic E-state index is 0. The topological polar surface area (TPSA) is 107 Å². The average Bonchev–Trinajstić information content (AvgIpc) is 2.44. The van der Waals surface area contributed by atoms with E-state index < -0.39 is 11.0 Å². The third kappa shape index (κ3) is 6.46. The van der Waals surface area contributed by atoms with Crippen molar-refractivity contribution in [3.05, 3.63) is 33.3 Å². The lowest BCUT2D eigenvalue weighted by atomic mass is 10.2. The second kappa shape index (κ2) is 10.2. The summed E-state index contributed by atoms with van der Waals surface area (Å²) in [6.45, 7) is 2.59. The number of carbonyl (C=O) groups is 1. The summed E-state index contributed by atoms with van der Waals surface area (Å²) in [4.78, 5) is 22.1. The fraction of sp³-hybridized carbons (Fsp3) is 0.462. The van der Waals surface area contributed by atoms with Crippen LogP contribution in [0.3, 0.4) is 0 Å². The molecule has 3 N–H and O–H groups in total. The molecule has 0 saturated carbocycles. The number of ether oxygens (including phenoxy) is 1. The number of amides is 1. The van der Waals surface area contributed by atoms with E-state index in [1.54, 1.807) is 0 Å². The van der Waals surface area contributed by atoms with Crippen LogP contribution in [0.5, 0.6) is 5.75 Å². The van der Waals surface area contributed by atoms with Crippen LogP contribution in [0, 0.1) is 10.1 Å². The van der Waals surface area contributed by atoms with Crippen LogP contribution in [-0.2, 0) is 4.79 Å². The Balaban J connectivity index is 0.00000441. The maximum absolute atomic E-state index is 11.8. The van der Waals surface area contributed by atoms with Crippen LogP contribution >= 0.6 is 24.0 Å². The lowest BCUT2D eigenvalue weighted by Gasteiger charge is -2.14. The highest BCUT2D eigenvalue weighted by Crippen LogP contribution is 2.30. The van der Waals surface area contributed by atoms with E-state index in [0.717, 1.165) is 12.8 Å². The molecule has 0 spiro atoms. The van der Waals surface area contributed by atoms with E-state index >= 15 is 0 Å². The zero-order chi connectivity index (χ0) is 15.8. The molecule has 0 saturated heterocycles. The lowest BCUT2D eigenvalue weighted by molar-refractivity contribution is -0.386. The fourth-order valence-electron chi connectivity index (χ4n) is 1.60. The summed E-state index contributed by atoms with van der Waals surface area (Å²) < 4.78 is 5.34. The first-order valence-corrected chi connectivity index (χ1v) is 6.92. The first-order valence-electron chi connectivity index (χ1n) is 6.54. The zero-order valence-corrected chi connectivity index (χ0v) is 13.7. The minimum Gasteiger partial charge on any atom is -0.474 e. The molecule has 0 radical (unpaired) electrons. The van der Waals surface area contributed by atoms with Gasteiger partial charge in [-0.1, -0.05) is 11.6 Å². The van der Waals surface area contributed by atoms with Crippen molar-refractivity contribution in [1.29, 1.82) is 0 Å². The first kappa shape index (κ1) is 20.4. The molecule has 1 atom stereocenters. The number of benzene rings is 1. The lowest BCUT2D eigenvalue weighted by Crippen LogP contribution is -2.37. The van der Waals surface area contributed by atoms with Crippen molar-refractivity contribution >= 4 is 35.6 Å². The zero-order valence-electron chi connectivity index (χ0n) is 12.1. The standard InChI is InChI=1S/C13H18ClN3O4.ClH/c1-9(13(18)16-7-3-2-6-15)21-12-5-4-10(14)8-11(12)17(19)20;/h4-5,8-9H,2-3,6-7,15H2,1H3,(H,16,18);1H. The predicted octanol–water partition coefficient (Wildman–Crippen LogP) is 2.29. The van der Waals surface area contributed by atoms with E-state index in [0.29, 0.717) is 13.1 Å². The Hall–Kier alpha value is -1.57. The van der Waals surface area contributed by atoms with Crippen LogP contribution < -0.4 is 15.8 Å². The number of hydrogen-bond acceptors (Lipinski definition) is 5. The van der Waals surface area contributed by atoms with Gasteiger partial charge in [0.15, 0.2) is 11.9 Å². The number of nitro groups is 1. The van der Waals surface area contributed by atoms with Crippen LogP contribution in [0.4, 0.5) is 5.69 Å². The second-order valence-corrected chi connectivity index (χ2v) is 4.85. The summed E-state index contributed by atoms with van der Waals surface area (Å²) in [5, 5.41) is 13.8. The maximum atomic E-state index is 11.8. The average molecular weight is 352 g/mol. The highest BCUT2D eigenvalue weighted by atomic mass is 35.5. The van der Waals surface area contributed by atoms with Gasteiger partial charge in [0.05, 0.1) is 4.92 Å². The van der Waals surface area contributed by atoms with Gasteiger partial charge in [-0.2, -0.15) is 0 Å². The molecule has 22 heavy (non-hydrogen) atoms. The Morgan fingerprint density at radius 3 is 2.77 bits per heavy atom. The molecule has 0 bridgehead atoms. The van der Waals surface area contributed by atoms with Crippen LogP contribution in [0.1, 0.15) is 19.8 Å². The highest BCUT2D eigenvalue weighted by molar-refractivity contribution is 6.30. The van der Waals surface area contributed by atoms with E-state index in [4.69, 9.17) is 22.1 Å². The SMILES string of the molecule is CC(Oc1ccc(Cl)cc1[N+](=O)[O-])C(=O)NCCCCN.Cl. The molecule has 0 aliphatic carbocycles. The number of unbranched alkanes of at least 4 members (excludes halogenated alkanes) is 1. The monoisotopic (exact) mass is 351 g/mol. The Bertz CT molecular complexity index is 514. The van der Waals surface area contributed by atoms with E-state index in [1.807, 2.05) is 0 Å². The van der Waals surface area contributed by atoms with Crippen LogP contribution in [-0.4, -0.2) is 30.0 Å². The van der Waals surface area contributed by atoms with Crippen LogP contribution in [0.2, 0.25) is 5.02 Å². The van der Waals surface area contributed by atoms with Gasteiger partial charge in [-0.05, 0) is 38.4 Å². The van der Waals surface area contributed by atoms with Gasteiger partial charge in [0.25, 0.3) is 5.91 Å². The Morgan fingerprint density at radius 1 is 1.50 bits per heavy atom. The summed E-state index contributed by atoms with van der Waals surface area (Å²) in [5.74, 6) is -0.328. The molecule has 1 aromatic carbocycles. The molecule has 124 valence electrons. The van der Waals surface area contributed by atoms with Crippen molar-refractivity contribution in [2.75, 3.05) is 13.1 Å². The fourth-order valence-corrected chi connectivity index (χ4v) is 1.77. The molecule has 1 amide bonds. The van der Waals surface area contributed by atoms with Crippen LogP contribution in [0.15, 0.2) is 18.2 Å². The Labute approximate surface area is 139 Å². The van der Waals surface area contributed by atoms with Crippen molar-refractivity contribution in [3.63, 3.8) is 0 Å². The van der Waals surface area contributed by atoms with E-state index in [9.17, 15) is 14.9 Å². The smallest absolute Gasteiger partial charge is 0.312 e. The summed E-state index contributed by atoms with van der Waals surface area (Å²) in [6, 6.07) is 4.02. The number of hydrogen-bond donors (Lipinski definition) is 2. The number of nitrogens with zero attached hydrogens (tertiary/aromatic N) is 1. The Morgan fingerprint density at radius 2 is 2.18 bits per heavy atom. The molecule has 1 rings (SSSR count). The van der Waals surface area contributed by atoms with Gasteiger partial charge in [0.2, 0.25) is 0 Å². The van der Waals surface area contributed by atoms with Crippen LogP contribution in [0.25, 0.3) is 0 Å². The largest absolute Gasteiger partial charge is 0.474 e. The number of halogens is 2. The number of carbonyl (C=O) groups excluding carboxylic acids is 1. The molecule has 0 heterocycles. The molecule has 0 aromatic heterocycles. The van der Waals surface area contributed by atoms with Gasteiger partial charge >= 0.3 is 5.69 Å². The molecule has 0 aliphatic rings. The number of nitrogens with two attached hydrogens (primary N) is 1. The third-order valence-electron chi connectivity index (χ3n) is 2.72. The van der Waals surface area contributed by atoms with Gasteiger partial charge < -0.3 is 15.8 Å². The van der Waals surface area contributed by atoms with E-state index in [1.165, 1.54) is 25.1 Å². The number of nitro benzene ring substituents is 1. The van der Waals surface area contributed by atoms with Crippen molar-refractivity contribution in [2.24, 2.45) is 5.73 Å². The van der Waals surface area contributed by atoms with Crippen molar-refractivity contribution in [2.45, 2.75) is 25.9 Å². The Kier molecular flexibility index (Phi) is 9.48. The molecular formula is C13H19Cl2N3O4. The first-order chi connectivity index (χ1) is 9.95. The molecule has 1 unspecified atom stereocenters. The van der Waals surface area contributed by atoms with Gasteiger partial charge in [-0.3, -0.25) is 14.9 Å². The third-order valence-corrected chi connectivity index (χ3v) is 2.96. The minimum atomic E-state index is -0.845. The summed E-state index contributed by atoms with van der Waals surface area (Å²) >= 11 is 5.71. The molecule has 9 heteroatoms. The van der Waals surface area contributed by atoms with Gasteiger partial charge in [0, 0.05) is 17.6 Å². The van der Waals surface area contributed by atoms with Crippen molar-refractivity contribution < 1.29 is 14.5 Å². The normalized spacial score (nSPS) is 11.2. The molecule has 1 aromatic rings. The molecule has 0 aliphatic heterocycles. The van der Waals surface area contributed by atoms with Crippen molar-refractivity contribution in [1.82, 2.24) is 5.32 Å². The second-order valence-electron chi connectivity index (χ2n) is 4.42. The van der Waals surface area contributed by atoms with Gasteiger partial charge in [-0.15, -0.1) is 12.4 Å². The summed E-state index contributed by atoms with van der Waals surface area (Å²) in [6.07, 6.45) is 0.747. The summed E-state index contributed by atoms with van der Waals surface area (Å²) in [5.41, 5.74) is 5.08. The highest BCUT2D eigenvalue weighted by Gasteiger charge is 2.21. The van der Waals surface area contributed by atoms with Gasteiger partial charge in [-0.25, -0.2) is 0 Å². The maximum Gasteiger partial charge on any atom is 0.312 e. The summed E-state index contributed by atoms with van der Waals surface area (Å²) in [7, 11) is 0. The van der Waals surface area contributed by atoms with E-state index in [-0.39, 0.29) is 34.8 Å². The quantitative estimate of drug-likeness (QED) is 0.424. The van der Waals surface area contributed by atoms with Crippen molar-refractivity contribution in [3.8, 4) is 5.75 Å². The predicted molar refractivity (Wildman–Crippen MR) is 86.7 cm³/mol. The molecule has 7 nitrogen and oxygen atoms in total. The van der Waals surface area contributed by atoms with Gasteiger partial charge in [0.1, 0.15) is 0 Å². The molecular weight excluding hydrogens is 333 g/mol. The number of nitrogens with one attached hydrogen (secondary N) is 1. The molecule has 0 fully saturated rings. The van der Waals surface area contributed by atoms with E-state index in [2.05, 4.69) is 5.32 Å².